The summed E-state index contributed by atoms with van der Waals surface area (Å²) in [6.07, 6.45) is 12.6. The van der Waals surface area contributed by atoms with Gasteiger partial charge in [-0.2, -0.15) is 0 Å². The second kappa shape index (κ2) is 30.6. The van der Waals surface area contributed by atoms with Crippen LogP contribution >= 0.6 is 11.6 Å². The van der Waals surface area contributed by atoms with E-state index in [1.54, 1.807) is 64.9 Å². The number of hydrogen-bond acceptors (Lipinski definition) is 14. The van der Waals surface area contributed by atoms with Crippen LogP contribution in [-0.4, -0.2) is 123 Å². The molecule has 4 aromatic heterocycles. The van der Waals surface area contributed by atoms with E-state index in [2.05, 4.69) is 36.2 Å². The van der Waals surface area contributed by atoms with Gasteiger partial charge in [-0.15, -0.1) is 0 Å². The summed E-state index contributed by atoms with van der Waals surface area (Å²) in [5.41, 5.74) is 5.43. The van der Waals surface area contributed by atoms with Crippen molar-refractivity contribution < 1.29 is 46.7 Å². The third-order valence-electron chi connectivity index (χ3n) is 14.4. The van der Waals surface area contributed by atoms with Crippen LogP contribution in [0.2, 0.25) is 5.15 Å². The maximum Gasteiger partial charge on any atom is 0.490 e. The zero-order valence-corrected chi connectivity index (χ0v) is 52.6. The average Bonchev–Trinajstić information content (AvgIpc) is 3.12. The molecule has 2 aromatic carbocycles. The van der Waals surface area contributed by atoms with Crippen molar-refractivity contribution in [1.29, 1.82) is 0 Å². The number of hydrogen-bond donors (Lipinski definition) is 4. The molecule has 466 valence electrons. The molecule has 3 aliphatic heterocycles. The van der Waals surface area contributed by atoms with Crippen LogP contribution in [0.4, 0.5) is 30.0 Å². The number of nitrogens with zero attached hydrogens (tertiary/aromatic N) is 6. The van der Waals surface area contributed by atoms with Crippen molar-refractivity contribution in [3.05, 3.63) is 195 Å². The summed E-state index contributed by atoms with van der Waals surface area (Å²) in [6.45, 7) is 23.1. The van der Waals surface area contributed by atoms with Gasteiger partial charge < -0.3 is 49.8 Å². The van der Waals surface area contributed by atoms with E-state index in [1.807, 2.05) is 124 Å². The lowest BCUT2D eigenvalue weighted by molar-refractivity contribution is 0.00578. The van der Waals surface area contributed by atoms with Crippen molar-refractivity contribution in [2.75, 3.05) is 49.9 Å². The molecule has 4 amide bonds. The first kappa shape index (κ1) is 67.2. The van der Waals surface area contributed by atoms with E-state index >= 15 is 0 Å². The van der Waals surface area contributed by atoms with Crippen LogP contribution in [0.15, 0.2) is 139 Å². The second-order valence-electron chi connectivity index (χ2n) is 24.3. The molecule has 3 aliphatic rings. The Bertz CT molecular complexity index is 3400. The Balaban J connectivity index is 0.000000198. The van der Waals surface area contributed by atoms with Crippen LogP contribution in [0.25, 0.3) is 5.57 Å². The number of carbonyl (C=O) groups excluding carboxylic acids is 4. The van der Waals surface area contributed by atoms with Gasteiger partial charge in [-0.3, -0.25) is 19.6 Å². The monoisotopic (exact) mass is 1220 g/mol. The van der Waals surface area contributed by atoms with Gasteiger partial charge in [0, 0.05) is 77.1 Å². The first-order valence-electron chi connectivity index (χ1n) is 29.4. The van der Waals surface area contributed by atoms with Crippen molar-refractivity contribution in [2.24, 2.45) is 0 Å². The molecular weight excluding hydrogens is 1150 g/mol. The fourth-order valence-electron chi connectivity index (χ4n) is 9.08. The Hall–Kier alpha value is -8.27. The van der Waals surface area contributed by atoms with E-state index < -0.39 is 11.2 Å². The van der Waals surface area contributed by atoms with E-state index in [1.165, 1.54) is 24.3 Å². The van der Waals surface area contributed by atoms with E-state index in [9.17, 15) is 28.0 Å². The summed E-state index contributed by atoms with van der Waals surface area (Å²) in [7, 11) is -0.314. The molecule has 0 spiro atoms. The van der Waals surface area contributed by atoms with Gasteiger partial charge >= 0.3 is 19.3 Å². The molecule has 0 radical (unpaired) electrons. The topological polar surface area (TPSA) is 211 Å². The van der Waals surface area contributed by atoms with Gasteiger partial charge in [-0.1, -0.05) is 60.2 Å². The molecule has 88 heavy (non-hydrogen) atoms. The van der Waals surface area contributed by atoms with Gasteiger partial charge in [0.05, 0.1) is 28.0 Å². The van der Waals surface area contributed by atoms with Crippen molar-refractivity contribution in [2.45, 2.75) is 130 Å². The van der Waals surface area contributed by atoms with Gasteiger partial charge in [0.25, 0.3) is 11.8 Å². The molecule has 6 aromatic rings. The summed E-state index contributed by atoms with van der Waals surface area (Å²) < 4.78 is 49.8. The number of halogens is 3. The highest BCUT2D eigenvalue weighted by Crippen LogP contribution is 2.39. The summed E-state index contributed by atoms with van der Waals surface area (Å²) in [4.78, 5) is 70.6. The highest BCUT2D eigenvalue weighted by atomic mass is 35.5. The quantitative estimate of drug-likeness (QED) is 0.0525. The van der Waals surface area contributed by atoms with E-state index in [0.29, 0.717) is 94.4 Å². The first-order chi connectivity index (χ1) is 41.7. The molecular formula is C66H80BClF2N10O8. The Morgan fingerprint density at radius 2 is 1.08 bits per heavy atom. The molecule has 0 bridgehead atoms. The highest BCUT2D eigenvalue weighted by molar-refractivity contribution is 6.54. The molecule has 0 saturated carbocycles. The van der Waals surface area contributed by atoms with Crippen molar-refractivity contribution in [3.63, 3.8) is 0 Å². The first-order valence-corrected chi connectivity index (χ1v) is 29.8. The third kappa shape index (κ3) is 20.7. The van der Waals surface area contributed by atoms with Crippen molar-refractivity contribution in [1.82, 2.24) is 40.4 Å². The molecule has 18 nitrogen and oxygen atoms in total. The molecule has 0 unspecified atom stereocenters. The van der Waals surface area contributed by atoms with E-state index in [0.717, 1.165) is 45.4 Å². The van der Waals surface area contributed by atoms with E-state index in [4.69, 9.17) is 35.4 Å². The van der Waals surface area contributed by atoms with Gasteiger partial charge in [0.1, 0.15) is 39.6 Å². The Labute approximate surface area is 520 Å². The standard InChI is InChI=1S/C30H34FN5O3.C20H18ClFN4O.C16H28BNO4/c1-30(2,3)39-29(38)36-16-12-23(13-17-36)26-10-9-25(28(37)34-20-22-7-5-14-32-19-22)27(35-26)33-15-11-21-6-4-8-24(31)18-21;21-18-7-6-17(20(27)25-13-15-4-2-9-23-12-15)19(26-18)24-10-8-14-3-1-5-16(22)11-14;1-14(2,3)20-13(19)18-10-8-12(9-11-18)17-21-15(4,5)16(6,7)22-17/h4-10,12,14,18-19H,11,13,15-17,20H2,1-3H3,(H,33,35)(H,34,37);1-7,9,11-12H,8,10,13H2,(H,24,26)(H,25,27);8H,9-11H2,1-7H3. The zero-order chi connectivity index (χ0) is 63.7. The number of anilines is 2. The number of pyridine rings is 4. The maximum atomic E-state index is 13.6. The lowest BCUT2D eigenvalue weighted by atomic mass is 9.75. The normalized spacial score (nSPS) is 15.2. The van der Waals surface area contributed by atoms with Crippen LogP contribution in [0.1, 0.15) is 131 Å². The van der Waals surface area contributed by atoms with Gasteiger partial charge in [-0.25, -0.2) is 28.3 Å². The van der Waals surface area contributed by atoms with Crippen LogP contribution in [0, 0.1) is 11.6 Å². The average molecular weight is 1230 g/mol. The predicted molar refractivity (Wildman–Crippen MR) is 338 cm³/mol. The van der Waals surface area contributed by atoms with Crippen molar-refractivity contribution >= 4 is 59.9 Å². The molecule has 0 atom stereocenters. The number of carbonyl (C=O) groups is 4. The minimum atomic E-state index is -0.553. The number of rotatable bonds is 16. The molecule has 7 heterocycles. The lowest BCUT2D eigenvalue weighted by Crippen LogP contribution is -2.41. The third-order valence-corrected chi connectivity index (χ3v) is 14.6. The minimum Gasteiger partial charge on any atom is -0.444 e. The molecule has 4 N–H and O–H groups in total. The van der Waals surface area contributed by atoms with Gasteiger partial charge in [-0.05, 0) is 189 Å². The molecule has 0 aliphatic carbocycles. The predicted octanol–water partition coefficient (Wildman–Crippen LogP) is 12.3. The number of aromatic nitrogens is 4. The SMILES string of the molecule is CC(C)(C)OC(=O)N1CC=C(B2OC(C)(C)C(C)(C)O2)CC1.CC(C)(C)OC(=O)N1CC=C(c2ccc(C(=O)NCc3cccnc3)c(NCCc3cccc(F)c3)n2)CC1.O=C(NCc1cccnc1)c1ccc(Cl)nc1NCCc1cccc(F)c1. The minimum absolute atomic E-state index is 0.264. The number of benzene rings is 2. The Morgan fingerprint density at radius 1 is 0.614 bits per heavy atom. The Kier molecular flexibility index (Phi) is 23.4. The summed E-state index contributed by atoms with van der Waals surface area (Å²) in [5, 5.41) is 12.4. The Morgan fingerprint density at radius 3 is 1.51 bits per heavy atom. The maximum absolute atomic E-state index is 13.6. The smallest absolute Gasteiger partial charge is 0.444 e. The highest BCUT2D eigenvalue weighted by Gasteiger charge is 2.52. The van der Waals surface area contributed by atoms with Gasteiger partial charge in [0.2, 0.25) is 0 Å². The summed E-state index contributed by atoms with van der Waals surface area (Å²) >= 11 is 5.97. The van der Waals surface area contributed by atoms with Crippen LogP contribution < -0.4 is 21.3 Å². The van der Waals surface area contributed by atoms with Gasteiger partial charge in [0.15, 0.2) is 0 Å². The molecule has 1 saturated heterocycles. The van der Waals surface area contributed by atoms with E-state index in [-0.39, 0.29) is 59.1 Å². The largest absolute Gasteiger partial charge is 0.490 e. The van der Waals surface area contributed by atoms with Crippen molar-refractivity contribution in [3.8, 4) is 0 Å². The lowest BCUT2D eigenvalue weighted by Gasteiger charge is -2.32. The van der Waals surface area contributed by atoms with Crippen LogP contribution in [0.5, 0.6) is 0 Å². The van der Waals surface area contributed by atoms with Crippen LogP contribution in [-0.2, 0) is 44.7 Å². The fourth-order valence-corrected chi connectivity index (χ4v) is 9.23. The second-order valence-corrected chi connectivity index (χ2v) is 24.7. The fraction of sp³-hybridized carbons (Fsp3) is 0.394. The molecule has 9 rings (SSSR count). The number of nitrogens with one attached hydrogen (secondary N) is 4. The number of amides is 4. The summed E-state index contributed by atoms with van der Waals surface area (Å²) in [6, 6.07) is 27.0. The molecule has 1 fully saturated rings. The molecule has 22 heteroatoms. The zero-order valence-electron chi connectivity index (χ0n) is 51.8. The van der Waals surface area contributed by atoms with Crippen LogP contribution in [0.3, 0.4) is 0 Å². The number of ether oxygens (including phenoxy) is 2. The summed E-state index contributed by atoms with van der Waals surface area (Å²) in [5.74, 6) is -0.251.